The lowest BCUT2D eigenvalue weighted by molar-refractivity contribution is -0.138. The fraction of sp³-hybridized carbons (Fsp3) is 0.929. The zero-order chi connectivity index (χ0) is 13.4. The van der Waals surface area contributed by atoms with Crippen molar-refractivity contribution in [2.75, 3.05) is 40.3 Å². The van der Waals surface area contributed by atoms with Crippen LogP contribution >= 0.6 is 0 Å². The van der Waals surface area contributed by atoms with Crippen LogP contribution in [-0.4, -0.2) is 61.2 Å². The van der Waals surface area contributed by atoms with Gasteiger partial charge in [0.25, 0.3) is 0 Å². The van der Waals surface area contributed by atoms with Crippen LogP contribution in [-0.2, 0) is 4.79 Å². The molecule has 0 bridgehead atoms. The van der Waals surface area contributed by atoms with E-state index in [1.165, 1.54) is 38.5 Å². The summed E-state index contributed by atoms with van der Waals surface area (Å²) in [6.45, 7) is 2.93. The smallest absolute Gasteiger partial charge is 0.317 e. The Morgan fingerprint density at radius 2 is 1.72 bits per heavy atom. The van der Waals surface area contributed by atoms with Gasteiger partial charge in [0.2, 0.25) is 0 Å². The maximum atomic E-state index is 10.9. The Labute approximate surface area is 111 Å². The molecular weight excluding hydrogens is 228 g/mol. The number of hydrogen-bond donors (Lipinski definition) is 1. The highest BCUT2D eigenvalue weighted by molar-refractivity contribution is 5.69. The van der Waals surface area contributed by atoms with Gasteiger partial charge in [0.1, 0.15) is 0 Å². The largest absolute Gasteiger partial charge is 0.480 e. The predicted octanol–water partition coefficient (Wildman–Crippen LogP) is 1.90. The predicted molar refractivity (Wildman–Crippen MR) is 73.8 cm³/mol. The van der Waals surface area contributed by atoms with E-state index in [1.54, 1.807) is 0 Å². The highest BCUT2D eigenvalue weighted by Crippen LogP contribution is 2.23. The van der Waals surface area contributed by atoms with Crippen LogP contribution in [0.1, 0.15) is 38.5 Å². The second kappa shape index (κ2) is 8.48. The lowest BCUT2D eigenvalue weighted by Crippen LogP contribution is -2.38. The molecule has 4 heteroatoms. The van der Waals surface area contributed by atoms with Gasteiger partial charge < -0.3 is 10.0 Å². The van der Waals surface area contributed by atoms with Crippen LogP contribution in [0, 0.1) is 5.92 Å². The summed E-state index contributed by atoms with van der Waals surface area (Å²) in [5, 5.41) is 8.98. The minimum Gasteiger partial charge on any atom is -0.480 e. The summed E-state index contributed by atoms with van der Waals surface area (Å²) in [6.07, 6.45) is 7.90. The topological polar surface area (TPSA) is 43.8 Å². The molecule has 1 N–H and O–H groups in total. The number of carbonyl (C=O) groups is 1. The summed E-state index contributed by atoms with van der Waals surface area (Å²) in [7, 11) is 4.06. The van der Waals surface area contributed by atoms with Crippen molar-refractivity contribution in [3.05, 3.63) is 0 Å². The highest BCUT2D eigenvalue weighted by atomic mass is 16.4. The molecule has 0 aromatic carbocycles. The minimum absolute atomic E-state index is 0.185. The summed E-state index contributed by atoms with van der Waals surface area (Å²) in [5.41, 5.74) is 0. The number of nitrogens with zero attached hydrogens (tertiary/aromatic N) is 2. The van der Waals surface area contributed by atoms with Crippen LogP contribution < -0.4 is 0 Å². The average molecular weight is 256 g/mol. The lowest BCUT2D eigenvalue weighted by atomic mass is 10.00. The minimum atomic E-state index is -0.706. The molecule has 18 heavy (non-hydrogen) atoms. The third kappa shape index (κ3) is 6.97. The van der Waals surface area contributed by atoms with Crippen molar-refractivity contribution >= 4 is 5.97 Å². The zero-order valence-corrected chi connectivity index (χ0v) is 11.9. The number of carboxylic acids is 1. The second-order valence-electron chi connectivity index (χ2n) is 5.79. The zero-order valence-electron chi connectivity index (χ0n) is 11.9. The molecule has 0 spiro atoms. The van der Waals surface area contributed by atoms with E-state index < -0.39 is 5.97 Å². The second-order valence-corrected chi connectivity index (χ2v) is 5.79. The van der Waals surface area contributed by atoms with E-state index in [2.05, 4.69) is 9.80 Å². The van der Waals surface area contributed by atoms with Crippen LogP contribution in [0.25, 0.3) is 0 Å². The maximum absolute atomic E-state index is 10.9. The van der Waals surface area contributed by atoms with Gasteiger partial charge >= 0.3 is 5.97 Å². The monoisotopic (exact) mass is 256 g/mol. The molecule has 0 aromatic heterocycles. The van der Waals surface area contributed by atoms with E-state index in [-0.39, 0.29) is 6.54 Å². The number of hydrogen-bond acceptors (Lipinski definition) is 3. The normalized spacial score (nSPS) is 18.2. The number of likely N-dealkylation sites (N-methyl/N-ethyl adjacent to an activating group) is 1. The SMILES string of the molecule is CN(C)CCN(CC(=O)O)CC1CCCCCC1. The van der Waals surface area contributed by atoms with E-state index in [9.17, 15) is 4.79 Å². The van der Waals surface area contributed by atoms with Crippen LogP contribution in [0.4, 0.5) is 0 Å². The third-order valence-corrected chi connectivity index (χ3v) is 3.71. The highest BCUT2D eigenvalue weighted by Gasteiger charge is 2.18. The van der Waals surface area contributed by atoms with Crippen molar-refractivity contribution < 1.29 is 9.90 Å². The van der Waals surface area contributed by atoms with Gasteiger partial charge in [-0.05, 0) is 32.9 Å². The molecule has 0 saturated heterocycles. The molecule has 1 aliphatic carbocycles. The van der Waals surface area contributed by atoms with Crippen molar-refractivity contribution in [3.8, 4) is 0 Å². The summed E-state index contributed by atoms with van der Waals surface area (Å²) < 4.78 is 0. The molecule has 1 saturated carbocycles. The molecule has 0 radical (unpaired) electrons. The number of aliphatic carboxylic acids is 1. The van der Waals surface area contributed by atoms with Gasteiger partial charge in [0.05, 0.1) is 6.54 Å². The van der Waals surface area contributed by atoms with Gasteiger partial charge in [-0.15, -0.1) is 0 Å². The molecule has 106 valence electrons. The molecule has 1 aliphatic rings. The fourth-order valence-electron chi connectivity index (χ4n) is 2.68. The van der Waals surface area contributed by atoms with Crippen molar-refractivity contribution in [1.29, 1.82) is 0 Å². The molecule has 0 unspecified atom stereocenters. The molecule has 1 rings (SSSR count). The molecule has 4 nitrogen and oxygen atoms in total. The van der Waals surface area contributed by atoms with Crippen molar-refractivity contribution in [2.45, 2.75) is 38.5 Å². The Bertz CT molecular complexity index is 236. The van der Waals surface area contributed by atoms with Crippen molar-refractivity contribution in [2.24, 2.45) is 5.92 Å². The van der Waals surface area contributed by atoms with E-state index >= 15 is 0 Å². The summed E-state index contributed by atoms with van der Waals surface area (Å²) in [4.78, 5) is 15.1. The molecule has 0 amide bonds. The van der Waals surface area contributed by atoms with Gasteiger partial charge in [0.15, 0.2) is 0 Å². The van der Waals surface area contributed by atoms with Crippen LogP contribution in [0.3, 0.4) is 0 Å². The van der Waals surface area contributed by atoms with Gasteiger partial charge in [-0.3, -0.25) is 9.69 Å². The van der Waals surface area contributed by atoms with Crippen molar-refractivity contribution in [3.63, 3.8) is 0 Å². The molecule has 0 aliphatic heterocycles. The molecule has 0 atom stereocenters. The summed E-state index contributed by atoms with van der Waals surface area (Å²) in [5.74, 6) is -0.00334. The Hall–Kier alpha value is -0.610. The van der Waals surface area contributed by atoms with Gasteiger partial charge in [-0.1, -0.05) is 25.7 Å². The van der Waals surface area contributed by atoms with Gasteiger partial charge in [-0.2, -0.15) is 0 Å². The number of carboxylic acid groups (broad SMARTS) is 1. The van der Waals surface area contributed by atoms with E-state index in [0.29, 0.717) is 5.92 Å². The Kier molecular flexibility index (Phi) is 7.28. The van der Waals surface area contributed by atoms with Crippen LogP contribution in [0.2, 0.25) is 0 Å². The standard InChI is InChI=1S/C14H28N2O2/c1-15(2)9-10-16(12-14(17)18)11-13-7-5-3-4-6-8-13/h13H,3-12H2,1-2H3,(H,17,18). The Morgan fingerprint density at radius 3 is 2.22 bits per heavy atom. The van der Waals surface area contributed by atoms with E-state index in [1.807, 2.05) is 14.1 Å². The Balaban J connectivity index is 2.39. The Morgan fingerprint density at radius 1 is 1.11 bits per heavy atom. The molecule has 0 heterocycles. The lowest BCUT2D eigenvalue weighted by Gasteiger charge is -2.26. The first kappa shape index (κ1) is 15.4. The molecule has 0 aromatic rings. The fourth-order valence-corrected chi connectivity index (χ4v) is 2.68. The van der Waals surface area contributed by atoms with Gasteiger partial charge in [0, 0.05) is 19.6 Å². The van der Waals surface area contributed by atoms with Crippen molar-refractivity contribution in [1.82, 2.24) is 9.80 Å². The van der Waals surface area contributed by atoms with Crippen LogP contribution in [0.5, 0.6) is 0 Å². The van der Waals surface area contributed by atoms with Gasteiger partial charge in [-0.25, -0.2) is 0 Å². The molecule has 1 fully saturated rings. The van der Waals surface area contributed by atoms with E-state index in [4.69, 9.17) is 5.11 Å². The first-order valence-electron chi connectivity index (χ1n) is 7.17. The van der Waals surface area contributed by atoms with Crippen LogP contribution in [0.15, 0.2) is 0 Å². The molecular formula is C14H28N2O2. The maximum Gasteiger partial charge on any atom is 0.317 e. The quantitative estimate of drug-likeness (QED) is 0.707. The summed E-state index contributed by atoms with van der Waals surface area (Å²) in [6, 6.07) is 0. The van der Waals surface area contributed by atoms with E-state index in [0.717, 1.165) is 19.6 Å². The first-order valence-corrected chi connectivity index (χ1v) is 7.17. The number of rotatable bonds is 7. The third-order valence-electron chi connectivity index (χ3n) is 3.71. The average Bonchev–Trinajstić information content (AvgIpc) is 2.53. The summed E-state index contributed by atoms with van der Waals surface area (Å²) >= 11 is 0. The first-order chi connectivity index (χ1) is 8.58.